The SMILES string of the molecule is CC(C)(C)S(=O)(=O)Cc1ccc(C(=O)Cc2ccc3c(c2)OCO3)cc1. The quantitative estimate of drug-likeness (QED) is 0.749. The second-order valence-electron chi connectivity index (χ2n) is 7.36. The van der Waals surface area contributed by atoms with Crippen LogP contribution >= 0.6 is 0 Å². The Morgan fingerprint density at radius 2 is 1.58 bits per heavy atom. The van der Waals surface area contributed by atoms with E-state index in [2.05, 4.69) is 0 Å². The van der Waals surface area contributed by atoms with Gasteiger partial charge in [0.15, 0.2) is 27.1 Å². The first-order valence-electron chi connectivity index (χ1n) is 8.39. The normalized spacial score (nSPS) is 13.7. The van der Waals surface area contributed by atoms with Crippen LogP contribution in [-0.4, -0.2) is 25.7 Å². The van der Waals surface area contributed by atoms with Crippen LogP contribution in [0.15, 0.2) is 42.5 Å². The summed E-state index contributed by atoms with van der Waals surface area (Å²) >= 11 is 0. The largest absolute Gasteiger partial charge is 0.454 e. The van der Waals surface area contributed by atoms with Crippen LogP contribution in [0.2, 0.25) is 0 Å². The van der Waals surface area contributed by atoms with Crippen LogP contribution in [0.5, 0.6) is 11.5 Å². The van der Waals surface area contributed by atoms with Gasteiger partial charge in [0.05, 0.1) is 10.5 Å². The van der Waals surface area contributed by atoms with Crippen molar-refractivity contribution in [1.82, 2.24) is 0 Å². The molecular weight excluding hydrogens is 352 g/mol. The van der Waals surface area contributed by atoms with E-state index in [9.17, 15) is 13.2 Å². The fourth-order valence-corrected chi connectivity index (χ4v) is 3.63. The second-order valence-corrected chi connectivity index (χ2v) is 10.1. The highest BCUT2D eigenvalue weighted by Crippen LogP contribution is 2.32. The minimum Gasteiger partial charge on any atom is -0.454 e. The van der Waals surface area contributed by atoms with E-state index in [0.29, 0.717) is 22.6 Å². The van der Waals surface area contributed by atoms with Crippen LogP contribution < -0.4 is 9.47 Å². The zero-order chi connectivity index (χ0) is 18.9. The number of Topliss-reactive ketones (excluding diaryl/α,β-unsaturated/α-hetero) is 1. The van der Waals surface area contributed by atoms with Crippen LogP contribution in [0, 0.1) is 0 Å². The van der Waals surface area contributed by atoms with Crippen molar-refractivity contribution in [2.45, 2.75) is 37.7 Å². The molecule has 1 aliphatic heterocycles. The molecule has 0 aliphatic carbocycles. The molecule has 0 unspecified atom stereocenters. The molecule has 0 bridgehead atoms. The molecule has 0 fully saturated rings. The monoisotopic (exact) mass is 374 g/mol. The fraction of sp³-hybridized carbons (Fsp3) is 0.350. The van der Waals surface area contributed by atoms with E-state index in [4.69, 9.17) is 9.47 Å². The van der Waals surface area contributed by atoms with Crippen molar-refractivity contribution in [3.8, 4) is 11.5 Å². The lowest BCUT2D eigenvalue weighted by Gasteiger charge is -2.19. The first-order valence-corrected chi connectivity index (χ1v) is 10.0. The summed E-state index contributed by atoms with van der Waals surface area (Å²) in [5.41, 5.74) is 2.08. The average molecular weight is 374 g/mol. The number of sulfone groups is 1. The van der Waals surface area contributed by atoms with E-state index < -0.39 is 14.6 Å². The van der Waals surface area contributed by atoms with Gasteiger partial charge in [0.1, 0.15) is 0 Å². The number of fused-ring (bicyclic) bond motifs is 1. The van der Waals surface area contributed by atoms with Gasteiger partial charge in [-0.3, -0.25) is 4.79 Å². The van der Waals surface area contributed by atoms with Gasteiger partial charge in [0.2, 0.25) is 6.79 Å². The summed E-state index contributed by atoms with van der Waals surface area (Å²) in [5.74, 6) is 1.27. The summed E-state index contributed by atoms with van der Waals surface area (Å²) < 4.78 is 34.4. The maximum Gasteiger partial charge on any atom is 0.231 e. The molecule has 0 atom stereocenters. The number of ketones is 1. The molecule has 26 heavy (non-hydrogen) atoms. The van der Waals surface area contributed by atoms with Crippen LogP contribution in [0.25, 0.3) is 0 Å². The molecule has 6 heteroatoms. The average Bonchev–Trinajstić information content (AvgIpc) is 3.01. The Morgan fingerprint density at radius 3 is 2.23 bits per heavy atom. The van der Waals surface area contributed by atoms with Crippen molar-refractivity contribution in [1.29, 1.82) is 0 Å². The predicted molar refractivity (Wildman–Crippen MR) is 99.4 cm³/mol. The Bertz CT molecular complexity index is 922. The molecule has 2 aromatic rings. The maximum atomic E-state index is 12.5. The third kappa shape index (κ3) is 3.90. The Morgan fingerprint density at radius 1 is 0.962 bits per heavy atom. The zero-order valence-corrected chi connectivity index (χ0v) is 15.9. The van der Waals surface area contributed by atoms with Crippen molar-refractivity contribution in [2.24, 2.45) is 0 Å². The Hall–Kier alpha value is -2.34. The van der Waals surface area contributed by atoms with E-state index in [1.165, 1.54) is 0 Å². The van der Waals surface area contributed by atoms with E-state index in [-0.39, 0.29) is 24.7 Å². The summed E-state index contributed by atoms with van der Waals surface area (Å²) in [6.45, 7) is 5.26. The van der Waals surface area contributed by atoms with Gasteiger partial charge >= 0.3 is 0 Å². The van der Waals surface area contributed by atoms with E-state index >= 15 is 0 Å². The number of hydrogen-bond donors (Lipinski definition) is 0. The first-order chi connectivity index (χ1) is 12.2. The molecular formula is C20H22O5S. The van der Waals surface area contributed by atoms with Gasteiger partial charge < -0.3 is 9.47 Å². The number of rotatable bonds is 5. The van der Waals surface area contributed by atoms with Crippen molar-refractivity contribution < 1.29 is 22.7 Å². The number of ether oxygens (including phenoxy) is 2. The Labute approximate surface area is 153 Å². The third-order valence-corrected chi connectivity index (χ3v) is 6.95. The summed E-state index contributed by atoms with van der Waals surface area (Å²) in [4.78, 5) is 12.5. The molecule has 0 N–H and O–H groups in total. The topological polar surface area (TPSA) is 69.7 Å². The highest BCUT2D eigenvalue weighted by molar-refractivity contribution is 7.91. The van der Waals surface area contributed by atoms with Crippen molar-refractivity contribution in [3.05, 3.63) is 59.2 Å². The van der Waals surface area contributed by atoms with Crippen molar-refractivity contribution in [3.63, 3.8) is 0 Å². The number of hydrogen-bond acceptors (Lipinski definition) is 5. The molecule has 0 spiro atoms. The fourth-order valence-electron chi connectivity index (χ4n) is 2.56. The standard InChI is InChI=1S/C20H22O5S/c1-20(2,3)26(22,23)12-14-4-7-16(8-5-14)17(21)10-15-6-9-18-19(11-15)25-13-24-18/h4-9,11H,10,12-13H2,1-3H3. The lowest BCUT2D eigenvalue weighted by atomic mass is 10.0. The molecule has 1 aliphatic rings. The molecule has 3 rings (SSSR count). The molecule has 0 saturated carbocycles. The molecule has 0 radical (unpaired) electrons. The van der Waals surface area contributed by atoms with Gasteiger partial charge in [-0.25, -0.2) is 8.42 Å². The molecule has 0 saturated heterocycles. The Kier molecular flexibility index (Phi) is 4.80. The van der Waals surface area contributed by atoms with Crippen LogP contribution in [0.3, 0.4) is 0 Å². The smallest absolute Gasteiger partial charge is 0.231 e. The molecule has 0 amide bonds. The zero-order valence-electron chi connectivity index (χ0n) is 15.1. The highest BCUT2D eigenvalue weighted by Gasteiger charge is 2.29. The minimum atomic E-state index is -3.25. The summed E-state index contributed by atoms with van der Waals surface area (Å²) in [6.07, 6.45) is 0.246. The van der Waals surface area contributed by atoms with Gasteiger partial charge in [0.25, 0.3) is 0 Å². The van der Waals surface area contributed by atoms with E-state index in [1.807, 2.05) is 12.1 Å². The van der Waals surface area contributed by atoms with Crippen molar-refractivity contribution >= 4 is 15.6 Å². The number of carbonyl (C=O) groups excluding carboxylic acids is 1. The van der Waals surface area contributed by atoms with Crippen molar-refractivity contribution in [2.75, 3.05) is 6.79 Å². The van der Waals surface area contributed by atoms with Crippen LogP contribution in [-0.2, 0) is 22.0 Å². The lowest BCUT2D eigenvalue weighted by molar-refractivity contribution is 0.0993. The van der Waals surface area contributed by atoms with Gasteiger partial charge in [0, 0.05) is 12.0 Å². The van der Waals surface area contributed by atoms with Gasteiger partial charge in [-0.1, -0.05) is 30.3 Å². The molecule has 0 aromatic heterocycles. The lowest BCUT2D eigenvalue weighted by Crippen LogP contribution is -2.29. The summed E-state index contributed by atoms with van der Waals surface area (Å²) in [7, 11) is -3.25. The van der Waals surface area contributed by atoms with Crippen LogP contribution in [0.4, 0.5) is 0 Å². The number of carbonyl (C=O) groups is 1. The van der Waals surface area contributed by atoms with Gasteiger partial charge in [-0.2, -0.15) is 0 Å². The van der Waals surface area contributed by atoms with E-state index in [0.717, 1.165) is 5.56 Å². The predicted octanol–water partition coefficient (Wildman–Crippen LogP) is 3.55. The first kappa shape index (κ1) is 18.5. The number of benzene rings is 2. The minimum absolute atomic E-state index is 0.0332. The Balaban J connectivity index is 1.69. The second kappa shape index (κ2) is 6.76. The summed E-state index contributed by atoms with van der Waals surface area (Å²) in [6, 6.07) is 12.2. The molecule has 2 aromatic carbocycles. The summed E-state index contributed by atoms with van der Waals surface area (Å²) in [5, 5.41) is 0. The molecule has 1 heterocycles. The molecule has 138 valence electrons. The highest BCUT2D eigenvalue weighted by atomic mass is 32.2. The van der Waals surface area contributed by atoms with Gasteiger partial charge in [-0.05, 0) is 44.0 Å². The van der Waals surface area contributed by atoms with Crippen LogP contribution in [0.1, 0.15) is 42.3 Å². The maximum absolute atomic E-state index is 12.5. The third-order valence-electron chi connectivity index (χ3n) is 4.37. The van der Waals surface area contributed by atoms with Gasteiger partial charge in [-0.15, -0.1) is 0 Å². The van der Waals surface area contributed by atoms with E-state index in [1.54, 1.807) is 51.1 Å². The molecule has 5 nitrogen and oxygen atoms in total.